The summed E-state index contributed by atoms with van der Waals surface area (Å²) in [6, 6.07) is 6.05. The Morgan fingerprint density at radius 2 is 2.29 bits per heavy atom. The predicted molar refractivity (Wildman–Crippen MR) is 69.7 cm³/mol. The lowest BCUT2D eigenvalue weighted by Gasteiger charge is -2.32. The van der Waals surface area contributed by atoms with E-state index in [2.05, 4.69) is 33.0 Å². The highest BCUT2D eigenvalue weighted by molar-refractivity contribution is 9.10. The summed E-state index contributed by atoms with van der Waals surface area (Å²) in [6.07, 6.45) is 0.970. The smallest absolute Gasteiger partial charge is 0.322 e. The average molecular weight is 298 g/mol. The maximum absolute atomic E-state index is 11.5. The van der Waals surface area contributed by atoms with Crippen molar-refractivity contribution in [2.45, 2.75) is 25.9 Å². The molecule has 2 rings (SSSR count). The first-order valence-corrected chi connectivity index (χ1v) is 6.51. The highest BCUT2D eigenvalue weighted by Gasteiger charge is 2.26. The maximum atomic E-state index is 11.5. The number of esters is 1. The van der Waals surface area contributed by atoms with Gasteiger partial charge >= 0.3 is 5.97 Å². The number of hydrogen-bond acceptors (Lipinski definition) is 3. The van der Waals surface area contributed by atoms with Crippen molar-refractivity contribution in [2.24, 2.45) is 0 Å². The molecule has 1 aliphatic rings. The number of fused-ring (bicyclic) bond motifs is 1. The first kappa shape index (κ1) is 12.6. The summed E-state index contributed by atoms with van der Waals surface area (Å²) in [5.41, 5.74) is 2.65. The number of benzene rings is 1. The Kier molecular flexibility index (Phi) is 3.84. The molecule has 0 saturated heterocycles. The molecule has 0 fully saturated rings. The van der Waals surface area contributed by atoms with E-state index in [-0.39, 0.29) is 12.0 Å². The maximum Gasteiger partial charge on any atom is 0.322 e. The highest BCUT2D eigenvalue weighted by atomic mass is 79.9. The Morgan fingerprint density at radius 3 is 3.00 bits per heavy atom. The topological polar surface area (TPSA) is 29.5 Å². The summed E-state index contributed by atoms with van der Waals surface area (Å²) in [5, 5.41) is 0. The van der Waals surface area contributed by atoms with E-state index < -0.39 is 0 Å². The molecular formula is C13H16BrNO2. The van der Waals surface area contributed by atoms with E-state index >= 15 is 0 Å². The Balaban J connectivity index is 2.16. The van der Waals surface area contributed by atoms with Gasteiger partial charge < -0.3 is 4.74 Å². The third-order valence-corrected chi connectivity index (χ3v) is 4.07. The minimum Gasteiger partial charge on any atom is -0.468 e. The van der Waals surface area contributed by atoms with Crippen molar-refractivity contribution in [3.8, 4) is 0 Å². The fourth-order valence-electron chi connectivity index (χ4n) is 2.23. The molecule has 1 aromatic carbocycles. The van der Waals surface area contributed by atoms with Gasteiger partial charge in [0.1, 0.15) is 6.04 Å². The summed E-state index contributed by atoms with van der Waals surface area (Å²) in [7, 11) is 1.44. The number of carbonyl (C=O) groups is 1. The van der Waals surface area contributed by atoms with E-state index in [1.165, 1.54) is 22.7 Å². The minimum absolute atomic E-state index is 0.163. The van der Waals surface area contributed by atoms with Crippen LogP contribution in [0.25, 0.3) is 0 Å². The Hall–Kier alpha value is -0.870. The number of ether oxygens (including phenoxy) is 1. The third kappa shape index (κ3) is 2.53. The molecule has 3 nitrogen and oxygen atoms in total. The lowest BCUT2D eigenvalue weighted by Crippen LogP contribution is -2.42. The van der Waals surface area contributed by atoms with Gasteiger partial charge in [-0.1, -0.05) is 28.1 Å². The van der Waals surface area contributed by atoms with E-state index in [1.54, 1.807) is 0 Å². The van der Waals surface area contributed by atoms with Gasteiger partial charge in [-0.3, -0.25) is 9.69 Å². The van der Waals surface area contributed by atoms with Crippen molar-refractivity contribution in [3.05, 3.63) is 33.8 Å². The molecular weight excluding hydrogens is 282 g/mol. The van der Waals surface area contributed by atoms with Gasteiger partial charge in [0.2, 0.25) is 0 Å². The van der Waals surface area contributed by atoms with E-state index in [1.807, 2.05) is 13.0 Å². The Bertz CT molecular complexity index is 433. The van der Waals surface area contributed by atoms with Crippen LogP contribution in [-0.4, -0.2) is 30.6 Å². The number of methoxy groups -OCH3 is 1. The van der Waals surface area contributed by atoms with Gasteiger partial charge in [0.15, 0.2) is 0 Å². The zero-order valence-electron chi connectivity index (χ0n) is 10.1. The van der Waals surface area contributed by atoms with E-state index in [4.69, 9.17) is 4.74 Å². The van der Waals surface area contributed by atoms with Crippen LogP contribution in [0.2, 0.25) is 0 Å². The molecule has 1 aliphatic heterocycles. The van der Waals surface area contributed by atoms with Crippen molar-refractivity contribution in [1.29, 1.82) is 0 Å². The quantitative estimate of drug-likeness (QED) is 0.785. The summed E-state index contributed by atoms with van der Waals surface area (Å²) >= 11 is 3.57. The fourth-order valence-corrected chi connectivity index (χ4v) is 2.84. The zero-order chi connectivity index (χ0) is 12.4. The van der Waals surface area contributed by atoms with Gasteiger partial charge in [-0.2, -0.15) is 0 Å². The first-order valence-electron chi connectivity index (χ1n) is 5.71. The number of hydrogen-bond donors (Lipinski definition) is 0. The lowest BCUT2D eigenvalue weighted by atomic mass is 9.99. The number of halogens is 1. The molecule has 0 N–H and O–H groups in total. The molecule has 17 heavy (non-hydrogen) atoms. The molecule has 1 heterocycles. The van der Waals surface area contributed by atoms with Crippen LogP contribution in [0.4, 0.5) is 0 Å². The summed E-state index contributed by atoms with van der Waals surface area (Å²) in [4.78, 5) is 13.7. The third-order valence-electron chi connectivity index (χ3n) is 3.33. The van der Waals surface area contributed by atoms with E-state index in [0.29, 0.717) is 0 Å². The molecule has 0 aromatic heterocycles. The van der Waals surface area contributed by atoms with Crippen LogP contribution in [0, 0.1) is 0 Å². The number of carbonyl (C=O) groups excluding carboxylic acids is 1. The van der Waals surface area contributed by atoms with E-state index in [9.17, 15) is 4.79 Å². The fraction of sp³-hybridized carbons (Fsp3) is 0.462. The van der Waals surface area contributed by atoms with Crippen molar-refractivity contribution in [2.75, 3.05) is 13.7 Å². The summed E-state index contributed by atoms with van der Waals surface area (Å²) < 4.78 is 5.95. The van der Waals surface area contributed by atoms with Crippen LogP contribution in [0.5, 0.6) is 0 Å². The van der Waals surface area contributed by atoms with Crippen molar-refractivity contribution >= 4 is 21.9 Å². The monoisotopic (exact) mass is 297 g/mol. The second kappa shape index (κ2) is 5.19. The van der Waals surface area contributed by atoms with Crippen LogP contribution >= 0.6 is 15.9 Å². The molecule has 0 spiro atoms. The van der Waals surface area contributed by atoms with Crippen LogP contribution in [0.15, 0.2) is 22.7 Å². The van der Waals surface area contributed by atoms with Crippen LogP contribution in [-0.2, 0) is 22.5 Å². The SMILES string of the molecule is COC(=O)C(C)N1CCc2c(Br)cccc2C1. The number of rotatable bonds is 2. The second-order valence-corrected chi connectivity index (χ2v) is 5.15. The average Bonchev–Trinajstić information content (AvgIpc) is 2.37. The molecule has 0 amide bonds. The van der Waals surface area contributed by atoms with Gasteiger partial charge in [-0.05, 0) is 30.5 Å². The van der Waals surface area contributed by atoms with Crippen molar-refractivity contribution < 1.29 is 9.53 Å². The Morgan fingerprint density at radius 1 is 1.53 bits per heavy atom. The van der Waals surface area contributed by atoms with Gasteiger partial charge in [0.25, 0.3) is 0 Å². The Labute approximate surface area is 110 Å². The van der Waals surface area contributed by atoms with E-state index in [0.717, 1.165) is 19.5 Å². The van der Waals surface area contributed by atoms with Crippen LogP contribution in [0.1, 0.15) is 18.1 Å². The molecule has 92 valence electrons. The minimum atomic E-state index is -0.174. The lowest BCUT2D eigenvalue weighted by molar-refractivity contribution is -0.146. The number of nitrogens with zero attached hydrogens (tertiary/aromatic N) is 1. The molecule has 0 aliphatic carbocycles. The van der Waals surface area contributed by atoms with Gasteiger partial charge in [-0.25, -0.2) is 0 Å². The highest BCUT2D eigenvalue weighted by Crippen LogP contribution is 2.27. The zero-order valence-corrected chi connectivity index (χ0v) is 11.7. The van der Waals surface area contributed by atoms with Crippen molar-refractivity contribution in [1.82, 2.24) is 4.90 Å². The summed E-state index contributed by atoms with van der Waals surface area (Å²) in [6.45, 7) is 3.60. The second-order valence-electron chi connectivity index (χ2n) is 4.30. The molecule has 1 unspecified atom stereocenters. The molecule has 0 bridgehead atoms. The van der Waals surface area contributed by atoms with Crippen molar-refractivity contribution in [3.63, 3.8) is 0 Å². The van der Waals surface area contributed by atoms with Gasteiger partial charge in [0.05, 0.1) is 7.11 Å². The molecule has 4 heteroatoms. The van der Waals surface area contributed by atoms with Crippen LogP contribution in [0.3, 0.4) is 0 Å². The van der Waals surface area contributed by atoms with Gasteiger partial charge in [-0.15, -0.1) is 0 Å². The van der Waals surface area contributed by atoms with Gasteiger partial charge in [0, 0.05) is 17.6 Å². The largest absolute Gasteiger partial charge is 0.468 e. The van der Waals surface area contributed by atoms with Crippen LogP contribution < -0.4 is 0 Å². The molecule has 1 aromatic rings. The molecule has 0 radical (unpaired) electrons. The first-order chi connectivity index (χ1) is 8.13. The standard InChI is InChI=1S/C13H16BrNO2/c1-9(13(16)17-2)15-7-6-11-10(8-15)4-3-5-12(11)14/h3-5,9H,6-8H2,1-2H3. The molecule has 0 saturated carbocycles. The predicted octanol–water partition coefficient (Wildman–Crippen LogP) is 2.37. The summed E-state index contributed by atoms with van der Waals surface area (Å²) in [5.74, 6) is -0.163. The normalized spacial score (nSPS) is 17.4. The molecule has 1 atom stereocenters.